The van der Waals surface area contributed by atoms with Crippen LogP contribution >= 0.6 is 0 Å². The number of piperidine rings is 1. The maximum absolute atomic E-state index is 12.6. The van der Waals surface area contributed by atoms with Gasteiger partial charge in [-0.3, -0.25) is 0 Å². The first-order valence-corrected chi connectivity index (χ1v) is 8.54. The summed E-state index contributed by atoms with van der Waals surface area (Å²) in [6.07, 6.45) is 5.44. The van der Waals surface area contributed by atoms with Gasteiger partial charge in [-0.1, -0.05) is 12.8 Å². The zero-order valence-corrected chi connectivity index (χ0v) is 12.5. The van der Waals surface area contributed by atoms with Gasteiger partial charge in [0.15, 0.2) is 0 Å². The van der Waals surface area contributed by atoms with E-state index in [-0.39, 0.29) is 5.41 Å². The number of nitrogens with zero attached hydrogens (tertiary/aromatic N) is 3. The Labute approximate surface area is 116 Å². The van der Waals surface area contributed by atoms with Crippen LogP contribution in [0.5, 0.6) is 0 Å². The molecule has 0 amide bonds. The minimum absolute atomic E-state index is 0.356. The van der Waals surface area contributed by atoms with Gasteiger partial charge in [0, 0.05) is 26.2 Å². The average Bonchev–Trinajstić information content (AvgIpc) is 2.68. The standard InChI is InChI=1S/C13H23N3O2S/c1-13(12-14)6-10-16(11-7-13)19(17,18)15-8-4-2-3-5-9-15/h2-11H2,1H3. The first-order chi connectivity index (χ1) is 8.98. The number of nitriles is 1. The molecule has 0 radical (unpaired) electrons. The molecule has 0 saturated carbocycles. The highest BCUT2D eigenvalue weighted by Crippen LogP contribution is 2.31. The molecule has 2 aliphatic rings. The topological polar surface area (TPSA) is 64.4 Å². The fraction of sp³-hybridized carbons (Fsp3) is 0.923. The highest BCUT2D eigenvalue weighted by atomic mass is 32.2. The second-order valence-corrected chi connectivity index (χ2v) is 7.82. The van der Waals surface area contributed by atoms with Crippen molar-refractivity contribution in [1.82, 2.24) is 8.61 Å². The molecule has 6 heteroatoms. The van der Waals surface area contributed by atoms with Crippen LogP contribution in [0.1, 0.15) is 45.4 Å². The van der Waals surface area contributed by atoms with Gasteiger partial charge < -0.3 is 0 Å². The van der Waals surface area contributed by atoms with Crippen molar-refractivity contribution in [3.63, 3.8) is 0 Å². The van der Waals surface area contributed by atoms with Crippen LogP contribution < -0.4 is 0 Å². The second-order valence-electron chi connectivity index (χ2n) is 5.89. The lowest BCUT2D eigenvalue weighted by atomic mass is 9.83. The second kappa shape index (κ2) is 5.78. The monoisotopic (exact) mass is 285 g/mol. The smallest absolute Gasteiger partial charge is 0.198 e. The molecule has 0 unspecified atom stereocenters. The van der Waals surface area contributed by atoms with Crippen LogP contribution in [-0.2, 0) is 10.2 Å². The molecule has 2 rings (SSSR count). The molecule has 108 valence electrons. The number of hydrogen-bond acceptors (Lipinski definition) is 3. The summed E-state index contributed by atoms with van der Waals surface area (Å²) in [7, 11) is -3.31. The highest BCUT2D eigenvalue weighted by Gasteiger charge is 2.37. The van der Waals surface area contributed by atoms with Crippen molar-refractivity contribution >= 4 is 10.2 Å². The van der Waals surface area contributed by atoms with Crippen molar-refractivity contribution in [2.24, 2.45) is 5.41 Å². The van der Waals surface area contributed by atoms with Gasteiger partial charge in [0.25, 0.3) is 10.2 Å². The predicted octanol–water partition coefficient (Wildman–Crippen LogP) is 1.73. The Morgan fingerprint density at radius 2 is 1.42 bits per heavy atom. The summed E-state index contributed by atoms with van der Waals surface area (Å²) >= 11 is 0. The lowest BCUT2D eigenvalue weighted by Gasteiger charge is -2.36. The van der Waals surface area contributed by atoms with Crippen LogP contribution in [0.15, 0.2) is 0 Å². The highest BCUT2D eigenvalue weighted by molar-refractivity contribution is 7.86. The van der Waals surface area contributed by atoms with Gasteiger partial charge in [-0.25, -0.2) is 0 Å². The van der Waals surface area contributed by atoms with Crippen molar-refractivity contribution in [3.05, 3.63) is 0 Å². The summed E-state index contributed by atoms with van der Waals surface area (Å²) in [4.78, 5) is 0. The maximum atomic E-state index is 12.6. The lowest BCUT2D eigenvalue weighted by Crippen LogP contribution is -2.48. The molecular weight excluding hydrogens is 262 g/mol. The van der Waals surface area contributed by atoms with Crippen molar-refractivity contribution in [2.75, 3.05) is 26.2 Å². The van der Waals surface area contributed by atoms with Crippen molar-refractivity contribution in [1.29, 1.82) is 5.26 Å². The predicted molar refractivity (Wildman–Crippen MR) is 73.5 cm³/mol. The van der Waals surface area contributed by atoms with Gasteiger partial charge in [0.2, 0.25) is 0 Å². The SMILES string of the molecule is CC1(C#N)CCN(S(=O)(=O)N2CCCCCC2)CC1. The van der Waals surface area contributed by atoms with E-state index in [0.29, 0.717) is 39.0 Å². The lowest BCUT2D eigenvalue weighted by molar-refractivity contribution is 0.219. The minimum atomic E-state index is -3.31. The van der Waals surface area contributed by atoms with Crippen molar-refractivity contribution in [3.8, 4) is 6.07 Å². The normalized spacial score (nSPS) is 26.5. The zero-order valence-electron chi connectivity index (χ0n) is 11.6. The molecule has 0 spiro atoms. The molecule has 0 aromatic rings. The molecule has 2 saturated heterocycles. The van der Waals surface area contributed by atoms with E-state index < -0.39 is 10.2 Å². The van der Waals surface area contributed by atoms with Crippen LogP contribution in [0.3, 0.4) is 0 Å². The van der Waals surface area contributed by atoms with Gasteiger partial charge in [0.1, 0.15) is 0 Å². The quantitative estimate of drug-likeness (QED) is 0.776. The molecule has 5 nitrogen and oxygen atoms in total. The molecule has 0 N–H and O–H groups in total. The Morgan fingerprint density at radius 1 is 0.947 bits per heavy atom. The summed E-state index contributed by atoms with van der Waals surface area (Å²) in [6, 6.07) is 2.31. The Hall–Kier alpha value is -0.640. The van der Waals surface area contributed by atoms with E-state index in [4.69, 9.17) is 5.26 Å². The van der Waals surface area contributed by atoms with Crippen molar-refractivity contribution in [2.45, 2.75) is 45.4 Å². The molecule has 0 aromatic heterocycles. The van der Waals surface area contributed by atoms with Gasteiger partial charge in [-0.05, 0) is 32.6 Å². The molecular formula is C13H23N3O2S. The summed E-state index contributed by atoms with van der Waals surface area (Å²) < 4.78 is 28.3. The molecule has 0 bridgehead atoms. The van der Waals surface area contributed by atoms with Crippen LogP contribution in [0.4, 0.5) is 0 Å². The third-order valence-electron chi connectivity index (χ3n) is 4.31. The molecule has 19 heavy (non-hydrogen) atoms. The summed E-state index contributed by atoms with van der Waals surface area (Å²) in [5, 5.41) is 9.10. The fourth-order valence-corrected chi connectivity index (χ4v) is 4.45. The molecule has 0 aromatic carbocycles. The third kappa shape index (κ3) is 3.28. The van der Waals surface area contributed by atoms with Crippen molar-refractivity contribution < 1.29 is 8.42 Å². The fourth-order valence-electron chi connectivity index (χ4n) is 2.76. The minimum Gasteiger partial charge on any atom is -0.198 e. The Bertz CT molecular complexity index is 439. The Balaban J connectivity index is 2.03. The van der Waals surface area contributed by atoms with Crippen LogP contribution in [0.2, 0.25) is 0 Å². The molecule has 2 fully saturated rings. The van der Waals surface area contributed by atoms with Gasteiger partial charge in [-0.2, -0.15) is 22.3 Å². The van der Waals surface area contributed by atoms with E-state index >= 15 is 0 Å². The van der Waals surface area contributed by atoms with Gasteiger partial charge in [-0.15, -0.1) is 0 Å². The summed E-state index contributed by atoms with van der Waals surface area (Å²) in [5.74, 6) is 0. The number of hydrogen-bond donors (Lipinski definition) is 0. The third-order valence-corrected chi connectivity index (χ3v) is 6.35. The van der Waals surface area contributed by atoms with E-state index in [1.54, 1.807) is 8.61 Å². The summed E-state index contributed by atoms with van der Waals surface area (Å²) in [5.41, 5.74) is -0.356. The largest absolute Gasteiger partial charge is 0.281 e. The molecule has 2 heterocycles. The molecule has 2 aliphatic heterocycles. The first-order valence-electron chi connectivity index (χ1n) is 7.14. The summed E-state index contributed by atoms with van der Waals surface area (Å²) in [6.45, 7) is 4.16. The number of rotatable bonds is 2. The molecule has 0 aliphatic carbocycles. The van der Waals surface area contributed by atoms with Crippen LogP contribution in [-0.4, -0.2) is 43.2 Å². The van der Waals surface area contributed by atoms with E-state index in [9.17, 15) is 8.42 Å². The Morgan fingerprint density at radius 3 is 1.89 bits per heavy atom. The van der Waals surface area contributed by atoms with Crippen LogP contribution in [0, 0.1) is 16.7 Å². The first kappa shape index (κ1) is 14.8. The van der Waals surface area contributed by atoms with Gasteiger partial charge in [0.05, 0.1) is 11.5 Å². The maximum Gasteiger partial charge on any atom is 0.281 e. The van der Waals surface area contributed by atoms with Gasteiger partial charge >= 0.3 is 0 Å². The average molecular weight is 285 g/mol. The molecule has 0 atom stereocenters. The van der Waals surface area contributed by atoms with E-state index in [1.165, 1.54) is 0 Å². The van der Waals surface area contributed by atoms with E-state index in [2.05, 4.69) is 6.07 Å². The van der Waals surface area contributed by atoms with Crippen LogP contribution in [0.25, 0.3) is 0 Å². The van der Waals surface area contributed by atoms with E-state index in [0.717, 1.165) is 25.7 Å². The Kier molecular flexibility index (Phi) is 4.49. The zero-order chi connectivity index (χ0) is 13.9. The van der Waals surface area contributed by atoms with E-state index in [1.807, 2.05) is 6.92 Å².